The Morgan fingerprint density at radius 1 is 1.28 bits per heavy atom. The Hall–Kier alpha value is -1.32. The third-order valence-corrected chi connectivity index (χ3v) is 3.13. The summed E-state index contributed by atoms with van der Waals surface area (Å²) in [7, 11) is 1.72. The first-order chi connectivity index (χ1) is 8.11. The first kappa shape index (κ1) is 14.7. The van der Waals surface area contributed by atoms with Crippen molar-refractivity contribution >= 4 is 11.9 Å². The third-order valence-electron chi connectivity index (χ3n) is 3.13. The van der Waals surface area contributed by atoms with E-state index in [0.29, 0.717) is 18.4 Å². The fraction of sp³-hybridized carbons (Fsp3) is 0.714. The van der Waals surface area contributed by atoms with Gasteiger partial charge in [-0.2, -0.15) is 0 Å². The zero-order chi connectivity index (χ0) is 14.1. The smallest absolute Gasteiger partial charge is 0.410 e. The summed E-state index contributed by atoms with van der Waals surface area (Å²) in [6.07, 6.45) is 1.09. The van der Waals surface area contributed by atoms with E-state index in [1.54, 1.807) is 18.9 Å². The molecule has 0 N–H and O–H groups in total. The van der Waals surface area contributed by atoms with E-state index < -0.39 is 5.60 Å². The molecule has 1 amide bonds. The van der Waals surface area contributed by atoms with Gasteiger partial charge in [-0.05, 0) is 46.1 Å². The molecule has 0 aromatic heterocycles. The molecule has 18 heavy (non-hydrogen) atoms. The third kappa shape index (κ3) is 3.59. The molecule has 1 aliphatic rings. The van der Waals surface area contributed by atoms with Gasteiger partial charge in [0.25, 0.3) is 0 Å². The lowest BCUT2D eigenvalue weighted by Gasteiger charge is -2.40. The molecule has 4 heteroatoms. The van der Waals surface area contributed by atoms with Crippen molar-refractivity contribution in [2.24, 2.45) is 5.92 Å². The van der Waals surface area contributed by atoms with Crippen molar-refractivity contribution in [2.45, 2.75) is 52.2 Å². The molecule has 0 spiro atoms. The standard InChI is InChI=1S/C14H23NO3/c1-9(2)12(16)10-7-11(8-10)15(6)13(17)18-14(3,4)5/h10-11H,1,7-8H2,2-6H3. The van der Waals surface area contributed by atoms with Gasteiger partial charge in [0, 0.05) is 19.0 Å². The number of hydrogen-bond acceptors (Lipinski definition) is 3. The maximum atomic E-state index is 11.8. The number of carbonyl (C=O) groups excluding carboxylic acids is 2. The molecule has 0 radical (unpaired) electrons. The lowest BCUT2D eigenvalue weighted by Crippen LogP contribution is -2.49. The second kappa shape index (κ2) is 5.12. The highest BCUT2D eigenvalue weighted by Crippen LogP contribution is 2.33. The molecule has 0 aromatic rings. The van der Waals surface area contributed by atoms with Crippen molar-refractivity contribution in [3.05, 3.63) is 12.2 Å². The normalized spacial score (nSPS) is 22.9. The molecule has 1 saturated carbocycles. The Labute approximate surface area is 109 Å². The number of ketones is 1. The largest absolute Gasteiger partial charge is 0.444 e. The number of carbonyl (C=O) groups is 2. The van der Waals surface area contributed by atoms with Gasteiger partial charge < -0.3 is 9.64 Å². The zero-order valence-electron chi connectivity index (χ0n) is 11.9. The number of amides is 1. The van der Waals surface area contributed by atoms with Crippen LogP contribution in [0, 0.1) is 5.92 Å². The van der Waals surface area contributed by atoms with Gasteiger partial charge >= 0.3 is 6.09 Å². The SMILES string of the molecule is C=C(C)C(=O)C1CC(N(C)C(=O)OC(C)(C)C)C1. The number of rotatable bonds is 3. The van der Waals surface area contributed by atoms with E-state index in [1.807, 2.05) is 20.8 Å². The van der Waals surface area contributed by atoms with Gasteiger partial charge in [-0.3, -0.25) is 4.79 Å². The number of hydrogen-bond donors (Lipinski definition) is 0. The van der Waals surface area contributed by atoms with E-state index in [2.05, 4.69) is 6.58 Å². The van der Waals surface area contributed by atoms with Crippen molar-refractivity contribution < 1.29 is 14.3 Å². The van der Waals surface area contributed by atoms with Crippen LogP contribution in [0.5, 0.6) is 0 Å². The Bertz CT molecular complexity index is 362. The second-order valence-electron chi connectivity index (χ2n) is 6.06. The lowest BCUT2D eigenvalue weighted by atomic mass is 9.75. The maximum Gasteiger partial charge on any atom is 0.410 e. The fourth-order valence-electron chi connectivity index (χ4n) is 1.95. The van der Waals surface area contributed by atoms with Gasteiger partial charge in [-0.1, -0.05) is 6.58 Å². The van der Waals surface area contributed by atoms with Gasteiger partial charge in [-0.25, -0.2) is 4.79 Å². The second-order valence-corrected chi connectivity index (χ2v) is 6.06. The van der Waals surface area contributed by atoms with Crippen LogP contribution in [0.4, 0.5) is 4.79 Å². The first-order valence-corrected chi connectivity index (χ1v) is 6.27. The Morgan fingerprint density at radius 3 is 2.17 bits per heavy atom. The number of Topliss-reactive ketones (excluding diaryl/α,β-unsaturated/α-hetero) is 1. The van der Waals surface area contributed by atoms with Crippen LogP contribution < -0.4 is 0 Å². The van der Waals surface area contributed by atoms with Crippen LogP contribution in [0.25, 0.3) is 0 Å². The first-order valence-electron chi connectivity index (χ1n) is 6.27. The molecule has 4 nitrogen and oxygen atoms in total. The topological polar surface area (TPSA) is 46.6 Å². The van der Waals surface area contributed by atoms with Crippen molar-refractivity contribution in [2.75, 3.05) is 7.05 Å². The number of nitrogens with zero attached hydrogens (tertiary/aromatic N) is 1. The molecular weight excluding hydrogens is 230 g/mol. The van der Waals surface area contributed by atoms with E-state index in [1.165, 1.54) is 0 Å². The summed E-state index contributed by atoms with van der Waals surface area (Å²) >= 11 is 0. The predicted molar refractivity (Wildman–Crippen MR) is 70.3 cm³/mol. The van der Waals surface area contributed by atoms with Gasteiger partial charge in [0.2, 0.25) is 0 Å². The molecule has 0 heterocycles. The van der Waals surface area contributed by atoms with E-state index in [-0.39, 0.29) is 23.8 Å². The Kier molecular flexibility index (Phi) is 4.20. The average Bonchev–Trinajstić information content (AvgIpc) is 2.11. The van der Waals surface area contributed by atoms with Crippen LogP contribution in [0.15, 0.2) is 12.2 Å². The molecule has 0 unspecified atom stereocenters. The van der Waals surface area contributed by atoms with Gasteiger partial charge in [0.15, 0.2) is 5.78 Å². The van der Waals surface area contributed by atoms with Crippen molar-refractivity contribution in [1.82, 2.24) is 4.90 Å². The monoisotopic (exact) mass is 253 g/mol. The summed E-state index contributed by atoms with van der Waals surface area (Å²) in [5.41, 5.74) is 0.112. The molecule has 1 aliphatic carbocycles. The molecule has 0 aliphatic heterocycles. The minimum atomic E-state index is -0.484. The number of ether oxygens (including phenoxy) is 1. The summed E-state index contributed by atoms with van der Waals surface area (Å²) in [5, 5.41) is 0. The van der Waals surface area contributed by atoms with Crippen LogP contribution >= 0.6 is 0 Å². The summed E-state index contributed by atoms with van der Waals surface area (Å²) < 4.78 is 5.28. The maximum absolute atomic E-state index is 11.8. The quantitative estimate of drug-likeness (QED) is 0.727. The van der Waals surface area contributed by atoms with Crippen LogP contribution in [0.1, 0.15) is 40.5 Å². The molecule has 0 aromatic carbocycles. The van der Waals surface area contributed by atoms with Crippen LogP contribution in [0.2, 0.25) is 0 Å². The highest BCUT2D eigenvalue weighted by atomic mass is 16.6. The van der Waals surface area contributed by atoms with Crippen LogP contribution in [-0.4, -0.2) is 35.5 Å². The van der Waals surface area contributed by atoms with Gasteiger partial charge in [-0.15, -0.1) is 0 Å². The summed E-state index contributed by atoms with van der Waals surface area (Å²) in [6, 6.07) is 0.105. The fourth-order valence-corrected chi connectivity index (χ4v) is 1.95. The average molecular weight is 253 g/mol. The molecule has 0 bridgehead atoms. The van der Waals surface area contributed by atoms with Gasteiger partial charge in [0.1, 0.15) is 5.60 Å². The van der Waals surface area contributed by atoms with Crippen molar-refractivity contribution in [3.63, 3.8) is 0 Å². The molecular formula is C14H23NO3. The Morgan fingerprint density at radius 2 is 1.78 bits per heavy atom. The molecule has 0 atom stereocenters. The summed E-state index contributed by atoms with van der Waals surface area (Å²) in [5.74, 6) is 0.140. The van der Waals surface area contributed by atoms with Crippen LogP contribution in [0.3, 0.4) is 0 Å². The van der Waals surface area contributed by atoms with Crippen molar-refractivity contribution in [1.29, 1.82) is 0 Å². The van der Waals surface area contributed by atoms with E-state index in [0.717, 1.165) is 0 Å². The van der Waals surface area contributed by atoms with Crippen LogP contribution in [-0.2, 0) is 9.53 Å². The minimum Gasteiger partial charge on any atom is -0.444 e. The molecule has 102 valence electrons. The van der Waals surface area contributed by atoms with E-state index in [9.17, 15) is 9.59 Å². The molecule has 0 saturated heterocycles. The van der Waals surface area contributed by atoms with E-state index in [4.69, 9.17) is 4.74 Å². The number of allylic oxidation sites excluding steroid dienone is 1. The van der Waals surface area contributed by atoms with Gasteiger partial charge in [0.05, 0.1) is 0 Å². The summed E-state index contributed by atoms with van der Waals surface area (Å²) in [4.78, 5) is 25.1. The van der Waals surface area contributed by atoms with Crippen molar-refractivity contribution in [3.8, 4) is 0 Å². The Balaban J connectivity index is 2.44. The zero-order valence-corrected chi connectivity index (χ0v) is 11.9. The summed E-state index contributed by atoms with van der Waals surface area (Å²) in [6.45, 7) is 10.9. The predicted octanol–water partition coefficient (Wildman–Crippen LogP) is 2.78. The highest BCUT2D eigenvalue weighted by Gasteiger charge is 2.39. The molecule has 1 fully saturated rings. The lowest BCUT2D eigenvalue weighted by molar-refractivity contribution is -0.123. The highest BCUT2D eigenvalue weighted by molar-refractivity contribution is 5.96. The van der Waals surface area contributed by atoms with E-state index >= 15 is 0 Å². The molecule has 1 rings (SSSR count). The minimum absolute atomic E-state index is 0.0254.